The Morgan fingerprint density at radius 2 is 2.11 bits per heavy atom. The average Bonchev–Trinajstić information content (AvgIpc) is 2.77. The lowest BCUT2D eigenvalue weighted by Gasteiger charge is -2.12. The number of nitrogens with one attached hydrogen (secondary N) is 1. The number of benzene rings is 1. The highest BCUT2D eigenvalue weighted by atomic mass is 79.9. The van der Waals surface area contributed by atoms with Gasteiger partial charge in [-0.2, -0.15) is 13.2 Å². The zero-order valence-electron chi connectivity index (χ0n) is 9.70. The van der Waals surface area contributed by atoms with E-state index in [1.54, 1.807) is 25.1 Å². The maximum absolute atomic E-state index is 12.4. The van der Waals surface area contributed by atoms with E-state index in [2.05, 4.69) is 31.1 Å². The van der Waals surface area contributed by atoms with Crippen LogP contribution in [0.15, 0.2) is 28.7 Å². The highest BCUT2D eigenvalue weighted by Gasteiger charge is 2.36. The molecule has 0 radical (unpaired) electrons. The van der Waals surface area contributed by atoms with Gasteiger partial charge in [0.2, 0.25) is 0 Å². The van der Waals surface area contributed by atoms with E-state index < -0.39 is 18.1 Å². The summed E-state index contributed by atoms with van der Waals surface area (Å²) >= 11 is 3.27. The summed E-state index contributed by atoms with van der Waals surface area (Å²) in [7, 11) is 0. The standard InChI is InChI=1S/C11H9BrF3N3O/c1-6(19-8-4-2-3-7(12)5-8)9-16-10(18-17-9)11(13,14)15/h2-6H,1H3,(H,16,17,18). The fourth-order valence-electron chi connectivity index (χ4n) is 1.38. The van der Waals surface area contributed by atoms with Crippen molar-refractivity contribution in [2.45, 2.75) is 19.2 Å². The summed E-state index contributed by atoms with van der Waals surface area (Å²) in [6.45, 7) is 1.58. The van der Waals surface area contributed by atoms with E-state index in [1.165, 1.54) is 0 Å². The van der Waals surface area contributed by atoms with E-state index in [1.807, 2.05) is 6.07 Å². The van der Waals surface area contributed by atoms with Crippen molar-refractivity contribution in [2.75, 3.05) is 0 Å². The molecule has 0 amide bonds. The Balaban J connectivity index is 2.12. The highest BCUT2D eigenvalue weighted by molar-refractivity contribution is 9.10. The number of alkyl halides is 3. The number of ether oxygens (including phenoxy) is 1. The first-order chi connectivity index (χ1) is 8.86. The Kier molecular flexibility index (Phi) is 3.79. The van der Waals surface area contributed by atoms with E-state index in [0.29, 0.717) is 5.75 Å². The van der Waals surface area contributed by atoms with Gasteiger partial charge in [-0.25, -0.2) is 4.98 Å². The van der Waals surface area contributed by atoms with E-state index in [9.17, 15) is 13.2 Å². The summed E-state index contributed by atoms with van der Waals surface area (Å²) in [4.78, 5) is 3.37. The molecule has 1 unspecified atom stereocenters. The molecule has 8 heteroatoms. The van der Waals surface area contributed by atoms with Crippen LogP contribution >= 0.6 is 15.9 Å². The monoisotopic (exact) mass is 335 g/mol. The molecular weight excluding hydrogens is 327 g/mol. The summed E-state index contributed by atoms with van der Waals surface area (Å²) < 4.78 is 43.3. The average molecular weight is 336 g/mol. The van der Waals surface area contributed by atoms with Crippen molar-refractivity contribution < 1.29 is 17.9 Å². The van der Waals surface area contributed by atoms with E-state index in [-0.39, 0.29) is 5.82 Å². The summed E-state index contributed by atoms with van der Waals surface area (Å²) in [5.41, 5.74) is 0. The first kappa shape index (κ1) is 13.9. The fourth-order valence-corrected chi connectivity index (χ4v) is 1.76. The summed E-state index contributed by atoms with van der Waals surface area (Å²) in [5, 5.41) is 5.35. The van der Waals surface area contributed by atoms with Gasteiger partial charge in [0, 0.05) is 4.47 Å². The van der Waals surface area contributed by atoms with Crippen LogP contribution < -0.4 is 4.74 Å². The maximum Gasteiger partial charge on any atom is 0.453 e. The van der Waals surface area contributed by atoms with Crippen LogP contribution in [-0.2, 0) is 6.18 Å². The first-order valence-electron chi connectivity index (χ1n) is 5.28. The van der Waals surface area contributed by atoms with Crippen LogP contribution in [0, 0.1) is 0 Å². The normalized spacial score (nSPS) is 13.3. The van der Waals surface area contributed by atoms with Crippen LogP contribution in [0.3, 0.4) is 0 Å². The van der Waals surface area contributed by atoms with Gasteiger partial charge in [-0.3, -0.25) is 5.10 Å². The van der Waals surface area contributed by atoms with Crippen molar-refractivity contribution >= 4 is 15.9 Å². The molecule has 1 N–H and O–H groups in total. The lowest BCUT2D eigenvalue weighted by Crippen LogP contribution is -2.09. The van der Waals surface area contributed by atoms with Gasteiger partial charge >= 0.3 is 6.18 Å². The van der Waals surface area contributed by atoms with Crippen molar-refractivity contribution in [3.05, 3.63) is 40.4 Å². The number of nitrogens with zero attached hydrogens (tertiary/aromatic N) is 2. The second-order valence-electron chi connectivity index (χ2n) is 3.76. The van der Waals surface area contributed by atoms with Gasteiger partial charge in [-0.1, -0.05) is 22.0 Å². The Hall–Kier alpha value is -1.57. The molecule has 0 aliphatic rings. The summed E-state index contributed by atoms with van der Waals surface area (Å²) in [6.07, 6.45) is -5.23. The third kappa shape index (κ3) is 3.46. The van der Waals surface area contributed by atoms with Gasteiger partial charge in [0.1, 0.15) is 5.75 Å². The van der Waals surface area contributed by atoms with Crippen LogP contribution in [0.1, 0.15) is 24.7 Å². The Labute approximate surface area is 115 Å². The van der Waals surface area contributed by atoms with Crippen molar-refractivity contribution in [2.24, 2.45) is 0 Å². The molecule has 2 rings (SSSR count). The number of H-pyrrole nitrogens is 1. The van der Waals surface area contributed by atoms with Crippen LogP contribution in [0.4, 0.5) is 13.2 Å². The molecule has 2 aromatic rings. The maximum atomic E-state index is 12.4. The lowest BCUT2D eigenvalue weighted by molar-refractivity contribution is -0.144. The molecule has 4 nitrogen and oxygen atoms in total. The van der Waals surface area contributed by atoms with Gasteiger partial charge in [0.25, 0.3) is 5.82 Å². The molecule has 0 saturated carbocycles. The molecule has 1 heterocycles. The molecule has 0 aliphatic heterocycles. The number of hydrogen-bond acceptors (Lipinski definition) is 3. The minimum atomic E-state index is -4.57. The quantitative estimate of drug-likeness (QED) is 0.929. The van der Waals surface area contributed by atoms with Gasteiger partial charge < -0.3 is 4.74 Å². The molecule has 1 atom stereocenters. The van der Waals surface area contributed by atoms with E-state index >= 15 is 0 Å². The smallest absolute Gasteiger partial charge is 0.453 e. The number of halogens is 4. The van der Waals surface area contributed by atoms with Crippen LogP contribution in [0.2, 0.25) is 0 Å². The molecule has 1 aromatic heterocycles. The topological polar surface area (TPSA) is 50.8 Å². The Morgan fingerprint density at radius 1 is 1.37 bits per heavy atom. The molecule has 0 spiro atoms. The van der Waals surface area contributed by atoms with Gasteiger partial charge in [0.15, 0.2) is 11.9 Å². The first-order valence-corrected chi connectivity index (χ1v) is 6.07. The largest absolute Gasteiger partial charge is 0.483 e. The molecule has 0 bridgehead atoms. The van der Waals surface area contributed by atoms with E-state index in [4.69, 9.17) is 4.74 Å². The van der Waals surface area contributed by atoms with Crippen LogP contribution in [0.25, 0.3) is 0 Å². The predicted octanol–water partition coefficient (Wildman–Crippen LogP) is 3.73. The molecule has 19 heavy (non-hydrogen) atoms. The van der Waals surface area contributed by atoms with Crippen molar-refractivity contribution in [3.8, 4) is 5.75 Å². The molecule has 1 aromatic carbocycles. The number of rotatable bonds is 3. The summed E-state index contributed by atoms with van der Waals surface area (Å²) in [5.74, 6) is -0.661. The van der Waals surface area contributed by atoms with Crippen molar-refractivity contribution in [1.29, 1.82) is 0 Å². The minimum absolute atomic E-state index is 0.0206. The fraction of sp³-hybridized carbons (Fsp3) is 0.273. The molecular formula is C11H9BrF3N3O. The minimum Gasteiger partial charge on any atom is -0.483 e. The lowest BCUT2D eigenvalue weighted by atomic mass is 10.3. The van der Waals surface area contributed by atoms with Crippen LogP contribution in [0.5, 0.6) is 5.75 Å². The van der Waals surface area contributed by atoms with Crippen molar-refractivity contribution in [3.63, 3.8) is 0 Å². The zero-order chi connectivity index (χ0) is 14.0. The van der Waals surface area contributed by atoms with Gasteiger partial charge in [-0.05, 0) is 25.1 Å². The Bertz CT molecular complexity index is 570. The van der Waals surface area contributed by atoms with Crippen LogP contribution in [-0.4, -0.2) is 15.2 Å². The molecule has 102 valence electrons. The van der Waals surface area contributed by atoms with Gasteiger partial charge in [0.05, 0.1) is 0 Å². The highest BCUT2D eigenvalue weighted by Crippen LogP contribution is 2.28. The Morgan fingerprint density at radius 3 is 2.68 bits per heavy atom. The third-order valence-corrected chi connectivity index (χ3v) is 2.74. The SMILES string of the molecule is CC(Oc1cccc(Br)c1)c1nc(C(F)(F)F)n[nH]1. The molecule has 0 aliphatic carbocycles. The second-order valence-corrected chi connectivity index (χ2v) is 4.68. The van der Waals surface area contributed by atoms with Crippen molar-refractivity contribution in [1.82, 2.24) is 15.2 Å². The predicted molar refractivity (Wildman–Crippen MR) is 64.6 cm³/mol. The summed E-state index contributed by atoms with van der Waals surface area (Å²) in [6, 6.07) is 6.97. The molecule has 0 fully saturated rings. The number of aromatic amines is 1. The molecule has 0 saturated heterocycles. The zero-order valence-corrected chi connectivity index (χ0v) is 11.3. The number of aromatic nitrogens is 3. The van der Waals surface area contributed by atoms with Gasteiger partial charge in [-0.15, -0.1) is 5.10 Å². The second kappa shape index (κ2) is 5.20. The number of hydrogen-bond donors (Lipinski definition) is 1. The van der Waals surface area contributed by atoms with E-state index in [0.717, 1.165) is 4.47 Å². The third-order valence-electron chi connectivity index (χ3n) is 2.25.